The Hall–Kier alpha value is -0.950. The van der Waals surface area contributed by atoms with Gasteiger partial charge in [0.15, 0.2) is 6.29 Å². The van der Waals surface area contributed by atoms with Crippen LogP contribution in [-0.2, 0) is 19.0 Å². The molecule has 1 aliphatic rings. The van der Waals surface area contributed by atoms with Gasteiger partial charge >= 0.3 is 5.97 Å². The summed E-state index contributed by atoms with van der Waals surface area (Å²) in [6, 6.07) is 9.59. The van der Waals surface area contributed by atoms with E-state index in [1.165, 1.54) is 0 Å². The molecule has 5 nitrogen and oxygen atoms in total. The van der Waals surface area contributed by atoms with Gasteiger partial charge in [-0.2, -0.15) is 0 Å². The molecule has 1 aromatic rings. The Morgan fingerprint density at radius 3 is 2.45 bits per heavy atom. The van der Waals surface area contributed by atoms with Crippen LogP contribution in [0.2, 0.25) is 0 Å². The van der Waals surface area contributed by atoms with Gasteiger partial charge in [-0.1, -0.05) is 46.3 Å². The van der Waals surface area contributed by atoms with E-state index in [1.54, 1.807) is 13.8 Å². The number of aliphatic hydroxyl groups is 1. The minimum Gasteiger partial charge on any atom is -0.464 e. The van der Waals surface area contributed by atoms with Crippen molar-refractivity contribution in [3.8, 4) is 0 Å². The van der Waals surface area contributed by atoms with Gasteiger partial charge in [-0.05, 0) is 13.8 Å². The van der Waals surface area contributed by atoms with Gasteiger partial charge in [-0.3, -0.25) is 4.79 Å². The Bertz CT molecular complexity index is 489. The number of esters is 1. The molecular formula is C16H21BrO5. The molecule has 1 saturated heterocycles. The standard InChI is InChI=1S/C16H21BrO5/c1-15(2,17)14(19)22-11-16(8-18)9-20-13(21-10-16)12-6-4-3-5-7-12/h3-7,13,18H,8-11H2,1-2H3. The normalized spacial score (nSPS) is 25.7. The molecule has 0 bridgehead atoms. The summed E-state index contributed by atoms with van der Waals surface area (Å²) in [5, 5.41) is 9.65. The second-order valence-electron chi connectivity index (χ2n) is 6.07. The Kier molecular flexibility index (Phi) is 5.60. The molecule has 1 fully saturated rings. The third-order valence-corrected chi connectivity index (χ3v) is 3.81. The summed E-state index contributed by atoms with van der Waals surface area (Å²) in [7, 11) is 0. The first-order valence-electron chi connectivity index (χ1n) is 7.11. The van der Waals surface area contributed by atoms with Crippen molar-refractivity contribution in [2.75, 3.05) is 26.4 Å². The molecule has 0 aliphatic carbocycles. The maximum Gasteiger partial charge on any atom is 0.322 e. The number of hydrogen-bond donors (Lipinski definition) is 1. The lowest BCUT2D eigenvalue weighted by Crippen LogP contribution is -2.46. The molecule has 0 saturated carbocycles. The van der Waals surface area contributed by atoms with E-state index in [1.807, 2.05) is 30.3 Å². The highest BCUT2D eigenvalue weighted by atomic mass is 79.9. The zero-order valence-corrected chi connectivity index (χ0v) is 14.3. The van der Waals surface area contributed by atoms with Crippen molar-refractivity contribution >= 4 is 21.9 Å². The van der Waals surface area contributed by atoms with E-state index < -0.39 is 16.0 Å². The first-order chi connectivity index (χ1) is 10.4. The number of ether oxygens (including phenoxy) is 3. The van der Waals surface area contributed by atoms with Crippen molar-refractivity contribution in [2.45, 2.75) is 24.5 Å². The topological polar surface area (TPSA) is 65.0 Å². The fourth-order valence-electron chi connectivity index (χ4n) is 2.01. The molecule has 0 radical (unpaired) electrons. The summed E-state index contributed by atoms with van der Waals surface area (Å²) >= 11 is 3.25. The third-order valence-electron chi connectivity index (χ3n) is 3.48. The SMILES string of the molecule is CC(C)(Br)C(=O)OCC1(CO)COC(c2ccccc2)OC1. The molecular weight excluding hydrogens is 352 g/mol. The maximum atomic E-state index is 11.8. The summed E-state index contributed by atoms with van der Waals surface area (Å²) in [6.45, 7) is 3.82. The van der Waals surface area contributed by atoms with E-state index >= 15 is 0 Å². The number of halogens is 1. The Balaban J connectivity index is 1.93. The zero-order valence-electron chi connectivity index (χ0n) is 12.8. The number of rotatable bonds is 5. The number of aliphatic hydroxyl groups excluding tert-OH is 1. The smallest absolute Gasteiger partial charge is 0.322 e. The predicted molar refractivity (Wildman–Crippen MR) is 84.6 cm³/mol. The number of carbonyl (C=O) groups excluding carboxylic acids is 1. The van der Waals surface area contributed by atoms with Crippen molar-refractivity contribution in [2.24, 2.45) is 5.41 Å². The first-order valence-corrected chi connectivity index (χ1v) is 7.91. The van der Waals surface area contributed by atoms with E-state index in [9.17, 15) is 9.90 Å². The molecule has 122 valence electrons. The Labute approximate surface area is 138 Å². The lowest BCUT2D eigenvalue weighted by molar-refractivity contribution is -0.250. The van der Waals surface area contributed by atoms with Crippen LogP contribution in [0.3, 0.4) is 0 Å². The molecule has 2 rings (SSSR count). The van der Waals surface area contributed by atoms with Gasteiger partial charge in [0.2, 0.25) is 0 Å². The van der Waals surface area contributed by atoms with Crippen LogP contribution in [0.15, 0.2) is 30.3 Å². The molecule has 0 aromatic heterocycles. The van der Waals surface area contributed by atoms with Gasteiger partial charge in [-0.15, -0.1) is 0 Å². The summed E-state index contributed by atoms with van der Waals surface area (Å²) in [4.78, 5) is 11.8. The minimum atomic E-state index is -0.757. The molecule has 6 heteroatoms. The fraction of sp³-hybridized carbons (Fsp3) is 0.562. The van der Waals surface area contributed by atoms with Crippen LogP contribution in [0, 0.1) is 5.41 Å². The van der Waals surface area contributed by atoms with Crippen LogP contribution in [0.25, 0.3) is 0 Å². The van der Waals surface area contributed by atoms with Crippen LogP contribution in [0.1, 0.15) is 25.7 Å². The lowest BCUT2D eigenvalue weighted by atomic mass is 9.91. The van der Waals surface area contributed by atoms with E-state index in [4.69, 9.17) is 14.2 Å². The first kappa shape index (κ1) is 17.4. The van der Waals surface area contributed by atoms with Crippen LogP contribution < -0.4 is 0 Å². The van der Waals surface area contributed by atoms with Gasteiger partial charge in [0.1, 0.15) is 10.9 Å². The molecule has 22 heavy (non-hydrogen) atoms. The largest absolute Gasteiger partial charge is 0.464 e. The summed E-state index contributed by atoms with van der Waals surface area (Å²) in [5.74, 6) is -0.384. The van der Waals surface area contributed by atoms with Crippen LogP contribution in [-0.4, -0.2) is 41.8 Å². The lowest BCUT2D eigenvalue weighted by Gasteiger charge is -2.38. The van der Waals surface area contributed by atoms with Gasteiger partial charge in [0.05, 0.1) is 25.2 Å². The van der Waals surface area contributed by atoms with Gasteiger partial charge in [0.25, 0.3) is 0 Å². The predicted octanol–water partition coefficient (Wildman–Crippen LogP) is 2.43. The Morgan fingerprint density at radius 2 is 1.95 bits per heavy atom. The molecule has 1 N–H and O–H groups in total. The third kappa shape index (κ3) is 4.29. The van der Waals surface area contributed by atoms with E-state index in [0.29, 0.717) is 0 Å². The van der Waals surface area contributed by atoms with Gasteiger partial charge in [0, 0.05) is 5.56 Å². The minimum absolute atomic E-state index is 0.0544. The maximum absolute atomic E-state index is 11.8. The average molecular weight is 373 g/mol. The van der Waals surface area contributed by atoms with Crippen molar-refractivity contribution < 1.29 is 24.1 Å². The van der Waals surface area contributed by atoms with Gasteiger partial charge < -0.3 is 19.3 Å². The monoisotopic (exact) mass is 372 g/mol. The molecule has 1 aliphatic heterocycles. The van der Waals surface area contributed by atoms with E-state index in [2.05, 4.69) is 15.9 Å². The summed E-state index contributed by atoms with van der Waals surface area (Å²) in [5.41, 5.74) is 0.201. The molecule has 0 spiro atoms. The molecule has 0 unspecified atom stereocenters. The zero-order chi connectivity index (χ0) is 16.2. The highest BCUT2D eigenvalue weighted by molar-refractivity contribution is 9.10. The van der Waals surface area contributed by atoms with Crippen LogP contribution in [0.4, 0.5) is 0 Å². The van der Waals surface area contributed by atoms with Gasteiger partial charge in [-0.25, -0.2) is 0 Å². The number of hydrogen-bond acceptors (Lipinski definition) is 5. The highest BCUT2D eigenvalue weighted by Crippen LogP contribution is 2.32. The van der Waals surface area contributed by atoms with Crippen molar-refractivity contribution in [3.05, 3.63) is 35.9 Å². The molecule has 0 atom stereocenters. The summed E-state index contributed by atoms with van der Waals surface area (Å²) < 4.78 is 15.9. The van der Waals surface area contributed by atoms with E-state index in [-0.39, 0.29) is 32.4 Å². The number of carbonyl (C=O) groups is 1. The van der Waals surface area contributed by atoms with Crippen LogP contribution in [0.5, 0.6) is 0 Å². The quantitative estimate of drug-likeness (QED) is 0.635. The van der Waals surface area contributed by atoms with Crippen molar-refractivity contribution in [1.82, 2.24) is 0 Å². The molecule has 1 heterocycles. The van der Waals surface area contributed by atoms with Crippen molar-refractivity contribution in [3.63, 3.8) is 0 Å². The molecule has 0 amide bonds. The number of alkyl halides is 1. The van der Waals surface area contributed by atoms with Crippen molar-refractivity contribution in [1.29, 1.82) is 0 Å². The molecule has 1 aromatic carbocycles. The number of benzene rings is 1. The Morgan fingerprint density at radius 1 is 1.36 bits per heavy atom. The summed E-state index contributed by atoms with van der Waals surface area (Å²) in [6.07, 6.45) is -0.454. The fourth-order valence-corrected chi connectivity index (χ4v) is 2.12. The average Bonchev–Trinajstić information content (AvgIpc) is 2.53. The second kappa shape index (κ2) is 7.08. The second-order valence-corrected chi connectivity index (χ2v) is 8.05. The van der Waals surface area contributed by atoms with Crippen LogP contribution >= 0.6 is 15.9 Å². The highest BCUT2D eigenvalue weighted by Gasteiger charge is 2.39. The van der Waals surface area contributed by atoms with E-state index in [0.717, 1.165) is 5.56 Å².